The van der Waals surface area contributed by atoms with E-state index in [4.69, 9.17) is 10.5 Å². The predicted octanol–water partition coefficient (Wildman–Crippen LogP) is 5.10. The Morgan fingerprint density at radius 1 is 0.952 bits per heavy atom. The first-order chi connectivity index (χ1) is 19.6. The van der Waals surface area contributed by atoms with Crippen LogP contribution in [-0.2, 0) is 21.9 Å². The number of carbonyl (C=O) groups excluding carboxylic acids is 2. The molecule has 0 bridgehead atoms. The fourth-order valence-electron chi connectivity index (χ4n) is 5.61. The van der Waals surface area contributed by atoms with Gasteiger partial charge in [0.15, 0.2) is 0 Å². The summed E-state index contributed by atoms with van der Waals surface area (Å²) in [7, 11) is 2.43. The van der Waals surface area contributed by atoms with E-state index in [-0.39, 0.29) is 31.6 Å². The number of amides is 3. The van der Waals surface area contributed by atoms with E-state index in [0.717, 1.165) is 7.05 Å². The Balaban J connectivity index is 1.66. The smallest absolute Gasteiger partial charge is 0.381 e. The molecule has 230 valence electrons. The number of anilines is 1. The number of alkyl halides is 6. The summed E-state index contributed by atoms with van der Waals surface area (Å²) in [5.74, 6) is -1.26. The number of urea groups is 1. The SMILES string of the molecule is CN(C(=O)N(C)[C@@H]1CN(C(=O)C2(CN)CCOCC2)C[C@H]1c1ccc(F)cc1)c1cc(C(F)(F)F)cc(C(F)(F)F)c1. The van der Waals surface area contributed by atoms with Crippen molar-refractivity contribution in [1.29, 1.82) is 0 Å². The van der Waals surface area contributed by atoms with Crippen molar-refractivity contribution in [3.8, 4) is 0 Å². The van der Waals surface area contributed by atoms with Crippen LogP contribution in [-0.4, -0.2) is 74.7 Å². The number of benzene rings is 2. The Morgan fingerprint density at radius 3 is 2.00 bits per heavy atom. The molecule has 42 heavy (non-hydrogen) atoms. The van der Waals surface area contributed by atoms with Crippen LogP contribution in [0.4, 0.5) is 41.2 Å². The molecular formula is C28H31F7N4O3. The van der Waals surface area contributed by atoms with E-state index in [9.17, 15) is 40.3 Å². The standard InChI is InChI=1S/C28H31F7N4O3/c1-37(21-12-18(27(30,31)32)11-19(13-21)28(33,34)35)25(41)38(2)23-15-39(14-22(23)17-3-5-20(29)6-4-17)24(40)26(16-36)7-9-42-10-8-26/h3-6,11-13,22-23H,7-10,14-16,36H2,1-2H3/t22-,23+/m0/s1. The van der Waals surface area contributed by atoms with Crippen LogP contribution in [0.5, 0.6) is 0 Å². The van der Waals surface area contributed by atoms with E-state index < -0.39 is 58.4 Å². The highest BCUT2D eigenvalue weighted by Gasteiger charge is 2.47. The highest BCUT2D eigenvalue weighted by Crippen LogP contribution is 2.40. The summed E-state index contributed by atoms with van der Waals surface area (Å²) in [5, 5.41) is 0. The molecule has 2 saturated heterocycles. The van der Waals surface area contributed by atoms with Crippen LogP contribution >= 0.6 is 0 Å². The van der Waals surface area contributed by atoms with Crippen LogP contribution in [0.3, 0.4) is 0 Å². The van der Waals surface area contributed by atoms with Crippen molar-refractivity contribution in [2.24, 2.45) is 11.1 Å². The summed E-state index contributed by atoms with van der Waals surface area (Å²) in [6, 6.07) is 4.78. The number of likely N-dealkylation sites (tertiary alicyclic amines) is 1. The van der Waals surface area contributed by atoms with Gasteiger partial charge in [0, 0.05) is 58.5 Å². The number of ether oxygens (including phenoxy) is 1. The number of likely N-dealkylation sites (N-methyl/N-ethyl adjacent to an activating group) is 1. The van der Waals surface area contributed by atoms with Gasteiger partial charge in [0.25, 0.3) is 0 Å². The fourth-order valence-corrected chi connectivity index (χ4v) is 5.61. The lowest BCUT2D eigenvalue weighted by Gasteiger charge is -2.38. The van der Waals surface area contributed by atoms with Crippen LogP contribution in [0.15, 0.2) is 42.5 Å². The lowest BCUT2D eigenvalue weighted by Crippen LogP contribution is -2.51. The van der Waals surface area contributed by atoms with E-state index >= 15 is 0 Å². The summed E-state index contributed by atoms with van der Waals surface area (Å²) in [6.45, 7) is 0.937. The van der Waals surface area contributed by atoms with E-state index in [1.165, 1.54) is 36.2 Å². The molecule has 2 atom stereocenters. The number of hydrogen-bond donors (Lipinski definition) is 1. The largest absolute Gasteiger partial charge is 0.416 e. The molecule has 3 amide bonds. The molecule has 0 aliphatic carbocycles. The first-order valence-electron chi connectivity index (χ1n) is 13.2. The number of carbonyl (C=O) groups is 2. The lowest BCUT2D eigenvalue weighted by atomic mass is 9.79. The Kier molecular flexibility index (Phi) is 8.79. The summed E-state index contributed by atoms with van der Waals surface area (Å²) >= 11 is 0. The normalized spacial score (nSPS) is 20.9. The molecule has 2 aromatic rings. The van der Waals surface area contributed by atoms with Crippen LogP contribution in [0, 0.1) is 11.2 Å². The number of halogens is 7. The van der Waals surface area contributed by atoms with E-state index in [1.54, 1.807) is 4.90 Å². The third-order valence-electron chi connectivity index (χ3n) is 8.21. The molecule has 2 aliphatic rings. The second kappa shape index (κ2) is 11.7. The lowest BCUT2D eigenvalue weighted by molar-refractivity contribution is -0.146. The van der Waals surface area contributed by atoms with Crippen LogP contribution in [0.1, 0.15) is 35.4 Å². The van der Waals surface area contributed by atoms with Crippen molar-refractivity contribution < 1.29 is 45.1 Å². The van der Waals surface area contributed by atoms with Crippen molar-refractivity contribution in [2.45, 2.75) is 37.2 Å². The number of rotatable bonds is 5. The molecule has 7 nitrogen and oxygen atoms in total. The zero-order valence-corrected chi connectivity index (χ0v) is 22.9. The van der Waals surface area contributed by atoms with Gasteiger partial charge in [0.1, 0.15) is 5.82 Å². The van der Waals surface area contributed by atoms with Crippen molar-refractivity contribution in [3.05, 3.63) is 65.0 Å². The van der Waals surface area contributed by atoms with Crippen molar-refractivity contribution in [3.63, 3.8) is 0 Å². The van der Waals surface area contributed by atoms with Gasteiger partial charge in [-0.1, -0.05) is 12.1 Å². The summed E-state index contributed by atoms with van der Waals surface area (Å²) in [5.41, 5.74) is 2.04. The van der Waals surface area contributed by atoms with Gasteiger partial charge in [-0.15, -0.1) is 0 Å². The van der Waals surface area contributed by atoms with Gasteiger partial charge in [-0.2, -0.15) is 26.3 Å². The minimum absolute atomic E-state index is 0.0138. The minimum Gasteiger partial charge on any atom is -0.381 e. The van der Waals surface area contributed by atoms with E-state index in [2.05, 4.69) is 0 Å². The zero-order valence-electron chi connectivity index (χ0n) is 22.9. The third kappa shape index (κ3) is 6.33. The maximum atomic E-state index is 13.7. The first-order valence-corrected chi connectivity index (χ1v) is 13.2. The third-order valence-corrected chi connectivity index (χ3v) is 8.21. The van der Waals surface area contributed by atoms with E-state index in [0.29, 0.717) is 48.7 Å². The maximum Gasteiger partial charge on any atom is 0.416 e. The van der Waals surface area contributed by atoms with Gasteiger partial charge in [-0.3, -0.25) is 9.69 Å². The monoisotopic (exact) mass is 604 g/mol. The van der Waals surface area contributed by atoms with Crippen LogP contribution in [0.25, 0.3) is 0 Å². The van der Waals surface area contributed by atoms with Gasteiger partial charge in [-0.05, 0) is 48.7 Å². The number of nitrogens with two attached hydrogens (primary N) is 1. The second-order valence-electron chi connectivity index (χ2n) is 10.7. The molecule has 0 saturated carbocycles. The maximum absolute atomic E-state index is 13.7. The highest BCUT2D eigenvalue weighted by molar-refractivity contribution is 5.92. The fraction of sp³-hybridized carbons (Fsp3) is 0.500. The Bertz CT molecular complexity index is 1260. The van der Waals surface area contributed by atoms with E-state index in [1.807, 2.05) is 0 Å². The molecule has 0 aromatic heterocycles. The molecule has 4 rings (SSSR count). The summed E-state index contributed by atoms with van der Waals surface area (Å²) in [4.78, 5) is 30.8. The van der Waals surface area contributed by atoms with Crippen molar-refractivity contribution in [2.75, 3.05) is 51.8 Å². The first kappa shape index (κ1) is 31.5. The Morgan fingerprint density at radius 2 is 1.50 bits per heavy atom. The van der Waals surface area contributed by atoms with Gasteiger partial charge in [-0.25, -0.2) is 9.18 Å². The zero-order chi connectivity index (χ0) is 31.0. The summed E-state index contributed by atoms with van der Waals surface area (Å²) in [6.07, 6.45) is -9.37. The van der Waals surface area contributed by atoms with Crippen LogP contribution in [0.2, 0.25) is 0 Å². The number of nitrogens with zero attached hydrogens (tertiary/aromatic N) is 3. The van der Waals surface area contributed by atoms with Gasteiger partial charge in [0.2, 0.25) is 5.91 Å². The van der Waals surface area contributed by atoms with Gasteiger partial charge in [0.05, 0.1) is 22.6 Å². The second-order valence-corrected chi connectivity index (χ2v) is 10.7. The summed E-state index contributed by atoms with van der Waals surface area (Å²) < 4.78 is 99.8. The molecule has 14 heteroatoms. The topological polar surface area (TPSA) is 79.1 Å². The van der Waals surface area contributed by atoms with Crippen LogP contribution < -0.4 is 10.6 Å². The molecule has 2 heterocycles. The minimum atomic E-state index is -5.09. The Hall–Kier alpha value is -3.39. The quantitative estimate of drug-likeness (QED) is 0.482. The molecule has 0 spiro atoms. The van der Waals surface area contributed by atoms with Gasteiger partial charge < -0.3 is 20.3 Å². The Labute approximate surface area is 238 Å². The number of hydrogen-bond acceptors (Lipinski definition) is 4. The highest BCUT2D eigenvalue weighted by atomic mass is 19.4. The molecule has 0 unspecified atom stereocenters. The molecule has 2 aromatic carbocycles. The molecule has 2 aliphatic heterocycles. The molecular weight excluding hydrogens is 573 g/mol. The van der Waals surface area contributed by atoms with Crippen molar-refractivity contribution >= 4 is 17.6 Å². The average Bonchev–Trinajstić information content (AvgIpc) is 3.40. The van der Waals surface area contributed by atoms with Crippen molar-refractivity contribution in [1.82, 2.24) is 9.80 Å². The van der Waals surface area contributed by atoms with Gasteiger partial charge >= 0.3 is 18.4 Å². The molecule has 0 radical (unpaired) electrons. The molecule has 2 fully saturated rings. The molecule has 2 N–H and O–H groups in total. The predicted molar refractivity (Wildman–Crippen MR) is 139 cm³/mol. The average molecular weight is 605 g/mol.